The fourth-order valence-electron chi connectivity index (χ4n) is 13.7. The number of benzene rings is 1. The number of aldehydes is 2. The Morgan fingerprint density at radius 2 is 0.730 bits per heavy atom. The minimum absolute atomic E-state index is 0.0655. The molecule has 1 aromatic carbocycles. The lowest BCUT2D eigenvalue weighted by molar-refractivity contribution is -0.152. The monoisotopic (exact) mass is 1310 g/mol. The molecule has 0 aliphatic heterocycles. The molecule has 0 saturated heterocycles. The topological polar surface area (TPSA) is 131 Å². The Morgan fingerprint density at radius 3 is 1.03 bits per heavy atom. The maximum atomic E-state index is 14.1. The van der Waals surface area contributed by atoms with Crippen LogP contribution in [0.3, 0.4) is 0 Å². The van der Waals surface area contributed by atoms with Crippen LogP contribution in [-0.2, 0) is 19.1 Å². The number of ether oxygens (including phenoxy) is 4. The molecule has 0 N–H and O–H groups in total. The molecule has 15 heteroatoms. The van der Waals surface area contributed by atoms with E-state index in [0.717, 1.165) is 89.0 Å². The number of hydrogen-bond donors (Lipinski definition) is 0. The number of esters is 2. The summed E-state index contributed by atoms with van der Waals surface area (Å²) in [7, 11) is 0. The minimum atomic E-state index is -0.213. The number of thiophene rings is 4. The number of carbonyl (C=O) groups excluding carboxylic acids is 4. The molecule has 5 heterocycles. The zero-order chi connectivity index (χ0) is 62.4. The molecule has 0 radical (unpaired) electrons. The Kier molecular flexibility index (Phi) is 31.7. The highest BCUT2D eigenvalue weighted by atomic mass is 32.1. The van der Waals surface area contributed by atoms with Gasteiger partial charge < -0.3 is 18.9 Å². The third kappa shape index (κ3) is 22.2. The van der Waals surface area contributed by atoms with E-state index < -0.39 is 0 Å². The van der Waals surface area contributed by atoms with E-state index in [1.165, 1.54) is 214 Å². The molecule has 0 bridgehead atoms. The molecule has 2 saturated carbocycles. The van der Waals surface area contributed by atoms with Crippen molar-refractivity contribution >= 4 is 111 Å². The van der Waals surface area contributed by atoms with E-state index in [1.54, 1.807) is 22.7 Å². The van der Waals surface area contributed by atoms with Crippen LogP contribution in [-0.4, -0.2) is 58.7 Å². The number of hydrogen-bond acceptors (Lipinski definition) is 15. The highest BCUT2D eigenvalue weighted by Crippen LogP contribution is 2.56. The number of carbonyl (C=O) groups is 4. The standard InChI is InChI=1S/C74H108N2O8S5/c1-5-9-13-17-21-23-27-31-35-53(33-29-25-19-15-11-7-3)51-81-73(79)55-37-41-57(42-38-55)83-71-67(65-47-63-61(87-65)45-59(49-77)85-63)69-70(76-89-75-69)68(66-48-64-62(88-66)46-60(50-78)86-64)72(71)84-58-43-39-56(40-44-58)74(80)82-52-54(34-30-26-20-16-12-8-4)36-32-28-24-22-18-14-10-6-2/h45-50,53-58H,5-44,51-52H2,1-4H3. The summed E-state index contributed by atoms with van der Waals surface area (Å²) in [6.45, 7) is 10.1. The first-order valence-electron chi connectivity index (χ1n) is 35.7. The van der Waals surface area contributed by atoms with Crippen LogP contribution in [0.5, 0.6) is 11.5 Å². The zero-order valence-electron chi connectivity index (χ0n) is 54.8. The molecule has 0 amide bonds. The van der Waals surface area contributed by atoms with Crippen molar-refractivity contribution in [2.75, 3.05) is 13.2 Å². The van der Waals surface area contributed by atoms with Gasteiger partial charge in [0, 0.05) is 28.6 Å². The van der Waals surface area contributed by atoms with E-state index in [9.17, 15) is 19.2 Å². The average Bonchev–Trinajstić information content (AvgIpc) is 1.68. The fraction of sp³-hybridized carbons (Fsp3) is 0.703. The second kappa shape index (κ2) is 39.7. The first kappa shape index (κ1) is 71.1. The first-order valence-corrected chi connectivity index (χ1v) is 39.7. The normalized spacial score (nSPS) is 17.8. The number of fused-ring (bicyclic) bond motifs is 3. The second-order valence-corrected chi connectivity index (χ2v) is 31.3. The summed E-state index contributed by atoms with van der Waals surface area (Å²) in [6.07, 6.45) is 47.3. The molecule has 2 aliphatic carbocycles. The maximum Gasteiger partial charge on any atom is 0.308 e. The summed E-state index contributed by atoms with van der Waals surface area (Å²) in [6, 6.07) is 8.21. The van der Waals surface area contributed by atoms with Crippen molar-refractivity contribution in [3.05, 3.63) is 34.0 Å². The molecule has 2 aliphatic rings. The predicted molar refractivity (Wildman–Crippen MR) is 378 cm³/mol. The van der Waals surface area contributed by atoms with E-state index in [0.29, 0.717) is 97.7 Å². The van der Waals surface area contributed by atoms with Gasteiger partial charge in [-0.3, -0.25) is 19.2 Å². The molecular weight excluding hydrogens is 1210 g/mol. The van der Waals surface area contributed by atoms with Crippen molar-refractivity contribution in [2.24, 2.45) is 23.7 Å². The lowest BCUT2D eigenvalue weighted by Crippen LogP contribution is -2.31. The summed E-state index contributed by atoms with van der Waals surface area (Å²) < 4.78 is 41.7. The fourth-order valence-corrected chi connectivity index (χ4v) is 18.8. The summed E-state index contributed by atoms with van der Waals surface area (Å²) in [4.78, 5) is 55.4. The number of nitrogens with zero attached hydrogens (tertiary/aromatic N) is 2. The first-order chi connectivity index (χ1) is 43.7. The van der Waals surface area contributed by atoms with Crippen LogP contribution in [0.2, 0.25) is 0 Å². The molecule has 6 aromatic rings. The summed E-state index contributed by atoms with van der Waals surface area (Å²) >= 11 is 7.36. The molecule has 2 atom stereocenters. The average molecular weight is 1310 g/mol. The Labute approximate surface area is 554 Å². The van der Waals surface area contributed by atoms with Gasteiger partial charge in [-0.25, -0.2) is 0 Å². The zero-order valence-corrected chi connectivity index (χ0v) is 58.9. The molecule has 2 fully saturated rings. The van der Waals surface area contributed by atoms with Gasteiger partial charge in [0.1, 0.15) is 11.0 Å². The Hall–Kier alpha value is -3.76. The number of aromatic nitrogens is 2. The summed E-state index contributed by atoms with van der Waals surface area (Å²) in [5.41, 5.74) is 3.10. The van der Waals surface area contributed by atoms with Crippen molar-refractivity contribution in [1.29, 1.82) is 0 Å². The molecule has 2 unspecified atom stereocenters. The third-order valence-corrected chi connectivity index (χ3v) is 24.2. The lowest BCUT2D eigenvalue weighted by atomic mass is 9.87. The Balaban J connectivity index is 0.990. The van der Waals surface area contributed by atoms with Crippen molar-refractivity contribution in [3.63, 3.8) is 0 Å². The van der Waals surface area contributed by atoms with Crippen LogP contribution in [0.15, 0.2) is 24.3 Å². The summed E-state index contributed by atoms with van der Waals surface area (Å²) in [5, 5.41) is 0. The Bertz CT molecular complexity index is 2750. The van der Waals surface area contributed by atoms with Crippen LogP contribution in [0, 0.1) is 23.7 Å². The molecule has 492 valence electrons. The van der Waals surface area contributed by atoms with Gasteiger partial charge in [0.15, 0.2) is 24.1 Å². The van der Waals surface area contributed by atoms with Crippen LogP contribution < -0.4 is 9.47 Å². The van der Waals surface area contributed by atoms with Gasteiger partial charge in [-0.05, 0) is 113 Å². The molecular formula is C74H108N2O8S5. The Morgan fingerprint density at radius 1 is 0.427 bits per heavy atom. The van der Waals surface area contributed by atoms with Crippen molar-refractivity contribution < 1.29 is 38.1 Å². The van der Waals surface area contributed by atoms with Gasteiger partial charge in [0.05, 0.1) is 69.9 Å². The van der Waals surface area contributed by atoms with E-state index in [4.69, 9.17) is 27.7 Å². The van der Waals surface area contributed by atoms with E-state index >= 15 is 0 Å². The number of rotatable bonds is 46. The minimum Gasteiger partial charge on any atom is -0.486 e. The summed E-state index contributed by atoms with van der Waals surface area (Å²) in [5.74, 6) is 1.56. The van der Waals surface area contributed by atoms with E-state index in [1.807, 2.05) is 12.1 Å². The highest BCUT2D eigenvalue weighted by Gasteiger charge is 2.37. The van der Waals surface area contributed by atoms with E-state index in [-0.39, 0.29) is 36.0 Å². The lowest BCUT2D eigenvalue weighted by Gasteiger charge is -2.32. The van der Waals surface area contributed by atoms with Gasteiger partial charge in [-0.15, -0.1) is 45.3 Å². The maximum absolute atomic E-state index is 14.1. The van der Waals surface area contributed by atoms with Crippen LogP contribution in [0.25, 0.3) is 50.7 Å². The van der Waals surface area contributed by atoms with Crippen LogP contribution in [0.1, 0.15) is 304 Å². The van der Waals surface area contributed by atoms with Crippen molar-refractivity contribution in [2.45, 2.75) is 297 Å². The largest absolute Gasteiger partial charge is 0.486 e. The van der Waals surface area contributed by atoms with Gasteiger partial charge >= 0.3 is 11.9 Å². The predicted octanol–water partition coefficient (Wildman–Crippen LogP) is 24.0. The SMILES string of the molecule is CCCCCCCCCCC(CCCCCCCC)COC(=O)C1CCC(Oc2c(OC3CCC(C(=O)OCC(CCCCCCCC)CCCCCCCCCC)CC3)c(-c3cc4sc(C=O)cc4s3)c3nsnc3c2-c2cc3sc(C=O)cc3s2)CC1. The molecule has 5 aromatic heterocycles. The van der Waals surface area contributed by atoms with Crippen LogP contribution in [0.4, 0.5) is 0 Å². The molecule has 89 heavy (non-hydrogen) atoms. The molecule has 8 rings (SSSR count). The third-order valence-electron chi connectivity index (χ3n) is 19.2. The van der Waals surface area contributed by atoms with Gasteiger partial charge in [-0.1, -0.05) is 207 Å². The van der Waals surface area contributed by atoms with Gasteiger partial charge in [0.2, 0.25) is 0 Å². The highest BCUT2D eigenvalue weighted by molar-refractivity contribution is 7.31. The second-order valence-electron chi connectivity index (χ2n) is 26.4. The van der Waals surface area contributed by atoms with Gasteiger partial charge in [0.25, 0.3) is 0 Å². The number of unbranched alkanes of at least 4 members (excludes halogenated alkanes) is 24. The molecule has 10 nitrogen and oxygen atoms in total. The molecule has 0 spiro atoms. The van der Waals surface area contributed by atoms with Crippen LogP contribution >= 0.6 is 57.1 Å². The smallest absolute Gasteiger partial charge is 0.308 e. The van der Waals surface area contributed by atoms with Gasteiger partial charge in [-0.2, -0.15) is 8.75 Å². The van der Waals surface area contributed by atoms with E-state index in [2.05, 4.69) is 39.8 Å². The van der Waals surface area contributed by atoms with Crippen molar-refractivity contribution in [1.82, 2.24) is 8.75 Å². The quantitative estimate of drug-likeness (QED) is 0.0207. The van der Waals surface area contributed by atoms with Crippen molar-refractivity contribution in [3.8, 4) is 32.4 Å².